The molecular formula is C11H10O5. The lowest BCUT2D eigenvalue weighted by Crippen LogP contribution is -2.07. The minimum Gasteiger partial charge on any atom is -0.504 e. The number of aromatic hydroxyl groups is 3. The Balaban J connectivity index is 2.76. The van der Waals surface area contributed by atoms with Gasteiger partial charge >= 0.3 is 5.97 Å². The fourth-order valence-corrected chi connectivity index (χ4v) is 1.10. The lowest BCUT2D eigenvalue weighted by Gasteiger charge is -2.05. The zero-order valence-corrected chi connectivity index (χ0v) is 8.30. The van der Waals surface area contributed by atoms with Crippen LogP contribution in [0.4, 0.5) is 0 Å². The second kappa shape index (κ2) is 4.94. The number of esters is 1. The predicted molar refractivity (Wildman–Crippen MR) is 54.9 cm³/mol. The summed E-state index contributed by atoms with van der Waals surface area (Å²) in [6.45, 7) is -0.130. The molecule has 0 aliphatic carbocycles. The van der Waals surface area contributed by atoms with Gasteiger partial charge in [0.2, 0.25) is 0 Å². The Bertz CT molecular complexity index is 421. The first-order valence-corrected chi connectivity index (χ1v) is 4.37. The number of hydrogen-bond donors (Lipinski definition) is 3. The third kappa shape index (κ3) is 2.82. The predicted octanol–water partition coefficient (Wildman–Crippen LogP) is 0.522. The van der Waals surface area contributed by atoms with E-state index in [2.05, 4.69) is 10.7 Å². The number of terminal acetylenes is 1. The van der Waals surface area contributed by atoms with Gasteiger partial charge in [-0.3, -0.25) is 4.79 Å². The third-order valence-corrected chi connectivity index (χ3v) is 1.79. The quantitative estimate of drug-likeness (QED) is 0.394. The summed E-state index contributed by atoms with van der Waals surface area (Å²) in [5.74, 6) is -0.0714. The summed E-state index contributed by atoms with van der Waals surface area (Å²) in [5.41, 5.74) is 0.315. The van der Waals surface area contributed by atoms with E-state index in [4.69, 9.17) is 11.5 Å². The second-order valence-corrected chi connectivity index (χ2v) is 3.02. The third-order valence-electron chi connectivity index (χ3n) is 1.79. The molecule has 1 rings (SSSR count). The lowest BCUT2D eigenvalue weighted by molar-refractivity contribution is -0.141. The molecule has 0 atom stereocenters. The van der Waals surface area contributed by atoms with Crippen molar-refractivity contribution in [1.29, 1.82) is 0 Å². The highest BCUT2D eigenvalue weighted by Crippen LogP contribution is 2.35. The molecule has 0 spiro atoms. The SMILES string of the molecule is C#CCOC(=O)Cc1cc(O)c(O)c(O)c1. The number of phenolic OH excluding ortho intramolecular Hbond substituents is 3. The Labute approximate surface area is 91.9 Å². The van der Waals surface area contributed by atoms with E-state index < -0.39 is 23.2 Å². The summed E-state index contributed by atoms with van der Waals surface area (Å²) in [7, 11) is 0. The number of ether oxygens (including phenoxy) is 1. The molecular weight excluding hydrogens is 212 g/mol. The molecule has 16 heavy (non-hydrogen) atoms. The summed E-state index contributed by atoms with van der Waals surface area (Å²) >= 11 is 0. The topological polar surface area (TPSA) is 87.0 Å². The standard InChI is InChI=1S/C11H10O5/c1-2-3-16-10(14)6-7-4-8(12)11(15)9(13)5-7/h1,4-5,12-13,15H,3,6H2. The Morgan fingerprint density at radius 1 is 1.31 bits per heavy atom. The zero-order chi connectivity index (χ0) is 12.1. The molecule has 0 bridgehead atoms. The lowest BCUT2D eigenvalue weighted by atomic mass is 10.1. The van der Waals surface area contributed by atoms with Crippen molar-refractivity contribution >= 4 is 5.97 Å². The fourth-order valence-electron chi connectivity index (χ4n) is 1.10. The highest BCUT2D eigenvalue weighted by molar-refractivity contribution is 5.73. The molecule has 0 fully saturated rings. The van der Waals surface area contributed by atoms with Crippen molar-refractivity contribution in [3.63, 3.8) is 0 Å². The number of carbonyl (C=O) groups excluding carboxylic acids is 1. The maximum atomic E-state index is 11.1. The van der Waals surface area contributed by atoms with E-state index in [1.54, 1.807) is 0 Å². The number of benzene rings is 1. The number of carbonyl (C=O) groups is 1. The van der Waals surface area contributed by atoms with E-state index in [9.17, 15) is 15.0 Å². The Kier molecular flexibility index (Phi) is 3.62. The Morgan fingerprint density at radius 2 is 1.88 bits per heavy atom. The first kappa shape index (κ1) is 11.7. The molecule has 0 aliphatic heterocycles. The molecule has 0 heterocycles. The molecule has 0 unspecified atom stereocenters. The van der Waals surface area contributed by atoms with Gasteiger partial charge in [-0.05, 0) is 17.7 Å². The molecule has 3 N–H and O–H groups in total. The molecule has 1 aromatic carbocycles. The molecule has 0 saturated heterocycles. The van der Waals surface area contributed by atoms with Gasteiger partial charge in [-0.2, -0.15) is 0 Å². The van der Waals surface area contributed by atoms with Gasteiger partial charge in [0.25, 0.3) is 0 Å². The van der Waals surface area contributed by atoms with E-state index in [-0.39, 0.29) is 13.0 Å². The van der Waals surface area contributed by atoms with Gasteiger partial charge in [0.15, 0.2) is 23.9 Å². The van der Waals surface area contributed by atoms with Crippen molar-refractivity contribution < 1.29 is 24.9 Å². The van der Waals surface area contributed by atoms with Gasteiger partial charge in [-0.1, -0.05) is 5.92 Å². The van der Waals surface area contributed by atoms with Gasteiger partial charge in [0.05, 0.1) is 6.42 Å². The van der Waals surface area contributed by atoms with Crippen LogP contribution in [0.2, 0.25) is 0 Å². The van der Waals surface area contributed by atoms with Crippen LogP contribution in [0.25, 0.3) is 0 Å². The van der Waals surface area contributed by atoms with E-state index in [1.165, 1.54) is 0 Å². The first-order valence-electron chi connectivity index (χ1n) is 4.37. The van der Waals surface area contributed by atoms with E-state index >= 15 is 0 Å². The number of hydrogen-bond acceptors (Lipinski definition) is 5. The van der Waals surface area contributed by atoms with Crippen molar-refractivity contribution in [1.82, 2.24) is 0 Å². The average molecular weight is 222 g/mol. The molecule has 84 valence electrons. The monoisotopic (exact) mass is 222 g/mol. The summed E-state index contributed by atoms with van der Waals surface area (Å²) in [4.78, 5) is 11.1. The average Bonchev–Trinajstić information content (AvgIpc) is 2.23. The van der Waals surface area contributed by atoms with Gasteiger partial charge < -0.3 is 20.1 Å². The van der Waals surface area contributed by atoms with Gasteiger partial charge in [-0.25, -0.2) is 0 Å². The highest BCUT2D eigenvalue weighted by atomic mass is 16.5. The van der Waals surface area contributed by atoms with Crippen LogP contribution in [-0.2, 0) is 16.0 Å². The van der Waals surface area contributed by atoms with Crippen molar-refractivity contribution in [3.05, 3.63) is 17.7 Å². The van der Waals surface area contributed by atoms with Crippen molar-refractivity contribution in [2.45, 2.75) is 6.42 Å². The summed E-state index contributed by atoms with van der Waals surface area (Å²) in [6, 6.07) is 2.32. The van der Waals surface area contributed by atoms with E-state index in [1.807, 2.05) is 0 Å². The number of phenols is 3. The van der Waals surface area contributed by atoms with Crippen LogP contribution in [-0.4, -0.2) is 27.9 Å². The van der Waals surface area contributed by atoms with Crippen LogP contribution in [0, 0.1) is 12.3 Å². The molecule has 0 saturated carbocycles. The van der Waals surface area contributed by atoms with Crippen LogP contribution in [0.3, 0.4) is 0 Å². The van der Waals surface area contributed by atoms with Crippen LogP contribution < -0.4 is 0 Å². The van der Waals surface area contributed by atoms with E-state index in [0.29, 0.717) is 5.56 Å². The maximum Gasteiger partial charge on any atom is 0.311 e. The molecule has 0 amide bonds. The van der Waals surface area contributed by atoms with Crippen LogP contribution in [0.1, 0.15) is 5.56 Å². The molecule has 1 aromatic rings. The normalized spacial score (nSPS) is 9.44. The van der Waals surface area contributed by atoms with E-state index in [0.717, 1.165) is 12.1 Å². The van der Waals surface area contributed by atoms with Gasteiger partial charge in [-0.15, -0.1) is 6.42 Å². The fraction of sp³-hybridized carbons (Fsp3) is 0.182. The van der Waals surface area contributed by atoms with Crippen molar-refractivity contribution in [3.8, 4) is 29.6 Å². The maximum absolute atomic E-state index is 11.1. The first-order chi connectivity index (χ1) is 7.54. The molecule has 5 nitrogen and oxygen atoms in total. The minimum atomic E-state index is -0.624. The van der Waals surface area contributed by atoms with Crippen LogP contribution >= 0.6 is 0 Å². The second-order valence-electron chi connectivity index (χ2n) is 3.02. The number of rotatable bonds is 3. The van der Waals surface area contributed by atoms with Gasteiger partial charge in [0, 0.05) is 0 Å². The van der Waals surface area contributed by atoms with Crippen molar-refractivity contribution in [2.24, 2.45) is 0 Å². The van der Waals surface area contributed by atoms with Crippen molar-refractivity contribution in [2.75, 3.05) is 6.61 Å². The summed E-state index contributed by atoms with van der Waals surface area (Å²) in [5, 5.41) is 27.4. The molecule has 0 radical (unpaired) electrons. The molecule has 0 aromatic heterocycles. The summed E-state index contributed by atoms with van der Waals surface area (Å²) < 4.78 is 4.60. The smallest absolute Gasteiger partial charge is 0.311 e. The molecule has 5 heteroatoms. The Morgan fingerprint density at radius 3 is 2.38 bits per heavy atom. The zero-order valence-electron chi connectivity index (χ0n) is 8.30. The largest absolute Gasteiger partial charge is 0.504 e. The highest BCUT2D eigenvalue weighted by Gasteiger charge is 2.11. The van der Waals surface area contributed by atoms with Crippen LogP contribution in [0.15, 0.2) is 12.1 Å². The Hall–Kier alpha value is -2.35. The van der Waals surface area contributed by atoms with Gasteiger partial charge in [0.1, 0.15) is 0 Å². The van der Waals surface area contributed by atoms with Crippen LogP contribution in [0.5, 0.6) is 17.2 Å². The minimum absolute atomic E-state index is 0.130. The summed E-state index contributed by atoms with van der Waals surface area (Å²) in [6.07, 6.45) is 4.75. The molecule has 0 aliphatic rings.